The van der Waals surface area contributed by atoms with Crippen LogP contribution < -0.4 is 5.32 Å². The van der Waals surface area contributed by atoms with Crippen molar-refractivity contribution in [3.63, 3.8) is 0 Å². The first kappa shape index (κ1) is 18.7. The fraction of sp³-hybridized carbons (Fsp3) is 0.412. The molecule has 5 heteroatoms. The summed E-state index contributed by atoms with van der Waals surface area (Å²) in [6.07, 6.45) is 0.549. The molecule has 0 aliphatic rings. The zero-order chi connectivity index (χ0) is 15.1. The third kappa shape index (κ3) is 5.46. The minimum absolute atomic E-state index is 0. The molecule has 0 saturated heterocycles. The predicted octanol–water partition coefficient (Wildman–Crippen LogP) is 3.55. The lowest BCUT2D eigenvalue weighted by atomic mass is 10.1. The number of halogens is 1. The zero-order valence-corrected chi connectivity index (χ0v) is 13.9. The molecular weight excluding hydrogens is 302 g/mol. The van der Waals surface area contributed by atoms with Gasteiger partial charge in [-0.1, -0.05) is 24.3 Å². The number of aliphatic hydroxyl groups is 1. The molecule has 1 atom stereocenters. The first-order chi connectivity index (χ1) is 10.2. The number of methoxy groups -OCH3 is 1. The molecule has 2 N–H and O–H groups in total. The molecule has 22 heavy (non-hydrogen) atoms. The van der Waals surface area contributed by atoms with Gasteiger partial charge in [-0.05, 0) is 37.6 Å². The summed E-state index contributed by atoms with van der Waals surface area (Å²) in [5.74, 6) is 1.77. The van der Waals surface area contributed by atoms with Crippen LogP contribution in [-0.4, -0.2) is 25.4 Å². The largest absolute Gasteiger partial charge is 0.460 e. The van der Waals surface area contributed by atoms with Gasteiger partial charge in [-0.25, -0.2) is 0 Å². The van der Waals surface area contributed by atoms with Crippen LogP contribution in [0.3, 0.4) is 0 Å². The molecule has 0 spiro atoms. The average Bonchev–Trinajstić information content (AvgIpc) is 2.96. The summed E-state index contributed by atoms with van der Waals surface area (Å²) < 4.78 is 10.8. The Morgan fingerprint density at radius 1 is 1.18 bits per heavy atom. The van der Waals surface area contributed by atoms with Gasteiger partial charge in [0.1, 0.15) is 11.5 Å². The van der Waals surface area contributed by atoms with Crippen LogP contribution in [0.1, 0.15) is 30.8 Å². The van der Waals surface area contributed by atoms with E-state index in [9.17, 15) is 5.11 Å². The van der Waals surface area contributed by atoms with E-state index in [1.165, 1.54) is 0 Å². The van der Waals surface area contributed by atoms with Gasteiger partial charge in [0.15, 0.2) is 0 Å². The van der Waals surface area contributed by atoms with Gasteiger partial charge >= 0.3 is 0 Å². The monoisotopic (exact) mass is 325 g/mol. The van der Waals surface area contributed by atoms with E-state index in [-0.39, 0.29) is 12.4 Å². The number of rotatable bonds is 8. The topological polar surface area (TPSA) is 54.6 Å². The normalized spacial score (nSPS) is 12.0. The molecule has 4 nitrogen and oxygen atoms in total. The van der Waals surface area contributed by atoms with Gasteiger partial charge in [-0.2, -0.15) is 0 Å². The number of hydrogen-bond acceptors (Lipinski definition) is 4. The molecule has 0 saturated carbocycles. The molecule has 1 unspecified atom stereocenters. The van der Waals surface area contributed by atoms with E-state index in [1.807, 2.05) is 36.4 Å². The summed E-state index contributed by atoms with van der Waals surface area (Å²) in [6.45, 7) is 4.16. The van der Waals surface area contributed by atoms with Crippen LogP contribution in [0.15, 0.2) is 40.8 Å². The van der Waals surface area contributed by atoms with E-state index in [0.29, 0.717) is 0 Å². The lowest BCUT2D eigenvalue weighted by Crippen LogP contribution is -2.15. The van der Waals surface area contributed by atoms with Gasteiger partial charge in [0, 0.05) is 19.3 Å². The Kier molecular flexibility index (Phi) is 8.20. The third-order valence-corrected chi connectivity index (χ3v) is 3.34. The Morgan fingerprint density at radius 3 is 2.55 bits per heavy atom. The van der Waals surface area contributed by atoms with Crippen molar-refractivity contribution < 1.29 is 14.3 Å². The first-order valence-corrected chi connectivity index (χ1v) is 7.27. The Morgan fingerprint density at radius 2 is 1.91 bits per heavy atom. The lowest BCUT2D eigenvalue weighted by Gasteiger charge is -2.05. The molecule has 0 bridgehead atoms. The molecule has 122 valence electrons. The maximum absolute atomic E-state index is 9.51. The number of benzene rings is 1. The number of furan rings is 1. The molecule has 2 rings (SSSR count). The van der Waals surface area contributed by atoms with Crippen molar-refractivity contribution in [1.29, 1.82) is 0 Å². The maximum atomic E-state index is 9.51. The van der Waals surface area contributed by atoms with Crippen LogP contribution >= 0.6 is 12.4 Å². The quantitative estimate of drug-likeness (QED) is 0.729. The van der Waals surface area contributed by atoms with Crippen LogP contribution in [-0.2, 0) is 11.3 Å². The minimum atomic E-state index is -0.442. The second-order valence-electron chi connectivity index (χ2n) is 5.09. The van der Waals surface area contributed by atoms with Gasteiger partial charge in [-0.3, -0.25) is 0 Å². The van der Waals surface area contributed by atoms with Crippen LogP contribution in [0.5, 0.6) is 0 Å². The van der Waals surface area contributed by atoms with E-state index >= 15 is 0 Å². The van der Waals surface area contributed by atoms with E-state index in [2.05, 4.69) is 5.32 Å². The average molecular weight is 326 g/mol. The standard InChI is InChI=1S/C17H23NO3.ClH/c1-13(19)14-4-6-15(7-5-14)17-9-8-16(21-17)12-18-10-3-11-20-2;/h4-9,13,18-19H,3,10-12H2,1-2H3;1H. The molecule has 0 fully saturated rings. The van der Waals surface area contributed by atoms with E-state index < -0.39 is 6.10 Å². The van der Waals surface area contributed by atoms with E-state index in [1.54, 1.807) is 14.0 Å². The molecule has 1 aromatic heterocycles. The molecule has 0 amide bonds. The van der Waals surface area contributed by atoms with Gasteiger partial charge in [0.05, 0.1) is 12.6 Å². The molecule has 0 aliphatic heterocycles. The highest BCUT2D eigenvalue weighted by Gasteiger charge is 2.06. The minimum Gasteiger partial charge on any atom is -0.460 e. The molecule has 1 aromatic carbocycles. The van der Waals surface area contributed by atoms with Gasteiger partial charge in [0.2, 0.25) is 0 Å². The third-order valence-electron chi connectivity index (χ3n) is 3.34. The summed E-state index contributed by atoms with van der Waals surface area (Å²) in [4.78, 5) is 0. The molecule has 0 aliphatic carbocycles. The van der Waals surface area contributed by atoms with Crippen molar-refractivity contribution in [3.8, 4) is 11.3 Å². The fourth-order valence-electron chi connectivity index (χ4n) is 2.11. The van der Waals surface area contributed by atoms with Crippen LogP contribution in [0.4, 0.5) is 0 Å². The van der Waals surface area contributed by atoms with E-state index in [4.69, 9.17) is 9.15 Å². The van der Waals surface area contributed by atoms with E-state index in [0.717, 1.165) is 48.8 Å². The second-order valence-corrected chi connectivity index (χ2v) is 5.09. The fourth-order valence-corrected chi connectivity index (χ4v) is 2.11. The van der Waals surface area contributed by atoms with Gasteiger partial charge in [0.25, 0.3) is 0 Å². The Hall–Kier alpha value is -1.33. The number of nitrogens with one attached hydrogen (secondary N) is 1. The summed E-state index contributed by atoms with van der Waals surface area (Å²) >= 11 is 0. The maximum Gasteiger partial charge on any atom is 0.134 e. The van der Waals surface area contributed by atoms with Crippen LogP contribution in [0, 0.1) is 0 Å². The summed E-state index contributed by atoms with van der Waals surface area (Å²) in [5, 5.41) is 12.8. The summed E-state index contributed by atoms with van der Waals surface area (Å²) in [5.41, 5.74) is 1.93. The number of ether oxygens (including phenoxy) is 1. The zero-order valence-electron chi connectivity index (χ0n) is 13.0. The predicted molar refractivity (Wildman–Crippen MR) is 90.2 cm³/mol. The highest BCUT2D eigenvalue weighted by molar-refractivity contribution is 5.85. The number of hydrogen-bond donors (Lipinski definition) is 2. The molecular formula is C17H24ClNO3. The highest BCUT2D eigenvalue weighted by Crippen LogP contribution is 2.24. The van der Waals surface area contributed by atoms with Crippen molar-refractivity contribution in [2.45, 2.75) is 26.0 Å². The molecule has 0 radical (unpaired) electrons. The van der Waals surface area contributed by atoms with Crippen molar-refractivity contribution >= 4 is 12.4 Å². The van der Waals surface area contributed by atoms with Gasteiger partial charge < -0.3 is 19.6 Å². The van der Waals surface area contributed by atoms with Crippen molar-refractivity contribution in [2.24, 2.45) is 0 Å². The number of aliphatic hydroxyl groups excluding tert-OH is 1. The van der Waals surface area contributed by atoms with Crippen molar-refractivity contribution in [2.75, 3.05) is 20.3 Å². The Balaban J connectivity index is 0.00000242. The smallest absolute Gasteiger partial charge is 0.134 e. The van der Waals surface area contributed by atoms with Crippen molar-refractivity contribution in [1.82, 2.24) is 5.32 Å². The van der Waals surface area contributed by atoms with Crippen LogP contribution in [0.25, 0.3) is 11.3 Å². The SMILES string of the molecule is COCCCNCc1ccc(-c2ccc(C(C)O)cc2)o1.Cl. The highest BCUT2D eigenvalue weighted by atomic mass is 35.5. The van der Waals surface area contributed by atoms with Crippen LogP contribution in [0.2, 0.25) is 0 Å². The Bertz CT molecular complexity index is 537. The summed E-state index contributed by atoms with van der Waals surface area (Å²) in [6, 6.07) is 11.7. The summed E-state index contributed by atoms with van der Waals surface area (Å²) in [7, 11) is 1.71. The first-order valence-electron chi connectivity index (χ1n) is 7.27. The lowest BCUT2D eigenvalue weighted by molar-refractivity contribution is 0.194. The molecule has 1 heterocycles. The Labute approximate surface area is 137 Å². The molecule has 2 aromatic rings. The van der Waals surface area contributed by atoms with Gasteiger partial charge in [-0.15, -0.1) is 12.4 Å². The van der Waals surface area contributed by atoms with Crippen molar-refractivity contribution in [3.05, 3.63) is 47.7 Å². The second kappa shape index (κ2) is 9.64.